The lowest BCUT2D eigenvalue weighted by molar-refractivity contribution is 0.0448. The summed E-state index contributed by atoms with van der Waals surface area (Å²) in [5, 5.41) is 10.1. The molecular weight excluding hydrogens is 262 g/mol. The highest BCUT2D eigenvalue weighted by atomic mass is 16.5. The van der Waals surface area contributed by atoms with Gasteiger partial charge in [-0.2, -0.15) is 0 Å². The van der Waals surface area contributed by atoms with Gasteiger partial charge in [0.15, 0.2) is 0 Å². The average Bonchev–Trinajstić information content (AvgIpc) is 2.43. The van der Waals surface area contributed by atoms with E-state index in [-0.39, 0.29) is 11.5 Å². The highest BCUT2D eigenvalue weighted by Crippen LogP contribution is 2.23. The van der Waals surface area contributed by atoms with Gasteiger partial charge in [-0.25, -0.2) is 0 Å². The number of para-hydroxylation sites is 1. The van der Waals surface area contributed by atoms with E-state index in [0.717, 1.165) is 25.1 Å². The molecule has 21 heavy (non-hydrogen) atoms. The summed E-state index contributed by atoms with van der Waals surface area (Å²) in [4.78, 5) is 2.31. The molecule has 0 spiro atoms. The molecule has 0 amide bonds. The molecule has 0 fully saturated rings. The van der Waals surface area contributed by atoms with Gasteiger partial charge < -0.3 is 14.7 Å². The van der Waals surface area contributed by atoms with Crippen molar-refractivity contribution in [2.75, 3.05) is 20.7 Å². The molecule has 1 aromatic rings. The number of nitrogens with zero attached hydrogens (tertiary/aromatic N) is 1. The highest BCUT2D eigenvalue weighted by molar-refractivity contribution is 5.33. The molecule has 0 aliphatic carbocycles. The van der Waals surface area contributed by atoms with Crippen LogP contribution in [0.2, 0.25) is 0 Å². The molecular formula is C18H31NO2. The molecule has 0 saturated heterocycles. The first-order valence-corrected chi connectivity index (χ1v) is 7.76. The summed E-state index contributed by atoms with van der Waals surface area (Å²) in [5.74, 6) is 0.951. The number of hydrogen-bond acceptors (Lipinski definition) is 3. The predicted octanol–water partition coefficient (Wildman–Crippen LogP) is 3.36. The molecule has 0 bridgehead atoms. The van der Waals surface area contributed by atoms with Crippen molar-refractivity contribution in [1.82, 2.24) is 4.90 Å². The van der Waals surface area contributed by atoms with Crippen LogP contribution in [0.15, 0.2) is 24.3 Å². The molecule has 0 heterocycles. The molecule has 0 aliphatic heterocycles. The van der Waals surface area contributed by atoms with Gasteiger partial charge in [-0.3, -0.25) is 0 Å². The maximum absolute atomic E-state index is 10.1. The van der Waals surface area contributed by atoms with Crippen molar-refractivity contribution in [2.24, 2.45) is 5.41 Å². The second-order valence-electron chi connectivity index (χ2n) is 7.02. The minimum Gasteiger partial charge on any atom is -0.496 e. The molecule has 1 rings (SSSR count). The van der Waals surface area contributed by atoms with Crippen LogP contribution in [-0.4, -0.2) is 42.9 Å². The first kappa shape index (κ1) is 18.0. The lowest BCUT2D eigenvalue weighted by atomic mass is 9.87. The number of rotatable bonds is 7. The van der Waals surface area contributed by atoms with Crippen molar-refractivity contribution in [3.05, 3.63) is 29.8 Å². The Morgan fingerprint density at radius 3 is 2.43 bits per heavy atom. The Hall–Kier alpha value is -1.06. The van der Waals surface area contributed by atoms with E-state index in [1.54, 1.807) is 7.11 Å². The van der Waals surface area contributed by atoms with E-state index in [2.05, 4.69) is 45.7 Å². The van der Waals surface area contributed by atoms with Crippen LogP contribution in [-0.2, 0) is 6.42 Å². The third kappa shape index (κ3) is 5.68. The second kappa shape index (κ2) is 7.81. The standard InChI is InChI=1S/C18H31NO2/c1-14(13-15-9-7-8-10-16(15)21-6)19(5)12-11-17(20)18(2,3)4/h7-10,14,17,20H,11-13H2,1-6H3. The summed E-state index contributed by atoms with van der Waals surface area (Å²) < 4.78 is 5.41. The summed E-state index contributed by atoms with van der Waals surface area (Å²) in [6, 6.07) is 8.58. The lowest BCUT2D eigenvalue weighted by Crippen LogP contribution is -2.36. The maximum atomic E-state index is 10.1. The van der Waals surface area contributed by atoms with E-state index in [1.165, 1.54) is 5.56 Å². The summed E-state index contributed by atoms with van der Waals surface area (Å²) in [7, 11) is 3.84. The molecule has 3 heteroatoms. The Bertz CT molecular complexity index is 425. The topological polar surface area (TPSA) is 32.7 Å². The van der Waals surface area contributed by atoms with Crippen molar-refractivity contribution in [3.8, 4) is 5.75 Å². The molecule has 2 atom stereocenters. The Labute approximate surface area is 129 Å². The van der Waals surface area contributed by atoms with Gasteiger partial charge in [-0.15, -0.1) is 0 Å². The van der Waals surface area contributed by atoms with Crippen LogP contribution in [0.4, 0.5) is 0 Å². The normalized spacial score (nSPS) is 15.0. The van der Waals surface area contributed by atoms with Gasteiger partial charge in [0, 0.05) is 12.6 Å². The van der Waals surface area contributed by atoms with Crippen molar-refractivity contribution in [1.29, 1.82) is 0 Å². The lowest BCUT2D eigenvalue weighted by Gasteiger charge is -2.30. The Morgan fingerprint density at radius 2 is 1.86 bits per heavy atom. The molecule has 1 aromatic carbocycles. The Balaban J connectivity index is 2.53. The zero-order valence-corrected chi connectivity index (χ0v) is 14.4. The number of benzene rings is 1. The third-order valence-electron chi connectivity index (χ3n) is 4.22. The molecule has 2 unspecified atom stereocenters. The van der Waals surface area contributed by atoms with Crippen LogP contribution in [0.3, 0.4) is 0 Å². The molecule has 120 valence electrons. The van der Waals surface area contributed by atoms with E-state index in [4.69, 9.17) is 4.74 Å². The van der Waals surface area contributed by atoms with Gasteiger partial charge in [0.1, 0.15) is 5.75 Å². The highest BCUT2D eigenvalue weighted by Gasteiger charge is 2.23. The van der Waals surface area contributed by atoms with Gasteiger partial charge in [0.2, 0.25) is 0 Å². The third-order valence-corrected chi connectivity index (χ3v) is 4.22. The summed E-state index contributed by atoms with van der Waals surface area (Å²) >= 11 is 0. The van der Waals surface area contributed by atoms with Gasteiger partial charge in [-0.1, -0.05) is 39.0 Å². The second-order valence-corrected chi connectivity index (χ2v) is 7.02. The SMILES string of the molecule is COc1ccccc1CC(C)N(C)CCC(O)C(C)(C)C. The van der Waals surface area contributed by atoms with Gasteiger partial charge >= 0.3 is 0 Å². The Morgan fingerprint density at radius 1 is 1.24 bits per heavy atom. The molecule has 1 N–H and O–H groups in total. The average molecular weight is 293 g/mol. The fraction of sp³-hybridized carbons (Fsp3) is 0.667. The number of likely N-dealkylation sites (N-methyl/N-ethyl adjacent to an activating group) is 1. The zero-order chi connectivity index (χ0) is 16.0. The minimum absolute atomic E-state index is 0.0489. The van der Waals surface area contributed by atoms with Crippen LogP contribution < -0.4 is 4.74 Å². The largest absolute Gasteiger partial charge is 0.496 e. The van der Waals surface area contributed by atoms with Crippen molar-refractivity contribution < 1.29 is 9.84 Å². The van der Waals surface area contributed by atoms with Crippen molar-refractivity contribution in [2.45, 2.75) is 52.7 Å². The van der Waals surface area contributed by atoms with Crippen LogP contribution in [0.1, 0.15) is 39.7 Å². The minimum atomic E-state index is -0.265. The number of aliphatic hydroxyl groups excluding tert-OH is 1. The van der Waals surface area contributed by atoms with Crippen LogP contribution in [0.25, 0.3) is 0 Å². The molecule has 0 aromatic heterocycles. The predicted molar refractivity (Wildman–Crippen MR) is 88.9 cm³/mol. The first-order chi connectivity index (χ1) is 9.75. The fourth-order valence-corrected chi connectivity index (χ4v) is 2.33. The monoisotopic (exact) mass is 293 g/mol. The summed E-state index contributed by atoms with van der Waals surface area (Å²) in [6.45, 7) is 9.35. The van der Waals surface area contributed by atoms with E-state index in [1.807, 2.05) is 18.2 Å². The molecule has 0 aliphatic rings. The maximum Gasteiger partial charge on any atom is 0.122 e. The van der Waals surface area contributed by atoms with E-state index in [0.29, 0.717) is 6.04 Å². The van der Waals surface area contributed by atoms with Crippen LogP contribution >= 0.6 is 0 Å². The van der Waals surface area contributed by atoms with E-state index >= 15 is 0 Å². The van der Waals surface area contributed by atoms with Gasteiger partial charge in [-0.05, 0) is 43.9 Å². The van der Waals surface area contributed by atoms with Crippen LogP contribution in [0.5, 0.6) is 5.75 Å². The van der Waals surface area contributed by atoms with E-state index < -0.39 is 0 Å². The quantitative estimate of drug-likeness (QED) is 0.837. The zero-order valence-electron chi connectivity index (χ0n) is 14.4. The molecule has 0 saturated carbocycles. The summed E-state index contributed by atoms with van der Waals surface area (Å²) in [6.07, 6.45) is 1.49. The number of aliphatic hydroxyl groups is 1. The van der Waals surface area contributed by atoms with Crippen LogP contribution in [0, 0.1) is 5.41 Å². The smallest absolute Gasteiger partial charge is 0.122 e. The number of methoxy groups -OCH3 is 1. The molecule has 3 nitrogen and oxygen atoms in total. The molecule has 0 radical (unpaired) electrons. The number of hydrogen-bond donors (Lipinski definition) is 1. The van der Waals surface area contributed by atoms with Crippen molar-refractivity contribution in [3.63, 3.8) is 0 Å². The van der Waals surface area contributed by atoms with E-state index in [9.17, 15) is 5.11 Å². The first-order valence-electron chi connectivity index (χ1n) is 7.76. The Kier molecular flexibility index (Phi) is 6.69. The summed E-state index contributed by atoms with van der Waals surface area (Å²) in [5.41, 5.74) is 1.18. The number of ether oxygens (including phenoxy) is 1. The van der Waals surface area contributed by atoms with Crippen molar-refractivity contribution >= 4 is 0 Å². The van der Waals surface area contributed by atoms with Gasteiger partial charge in [0.05, 0.1) is 13.2 Å². The van der Waals surface area contributed by atoms with Gasteiger partial charge in [0.25, 0.3) is 0 Å². The fourth-order valence-electron chi connectivity index (χ4n) is 2.33.